The average molecular weight is 415 g/mol. The molecule has 8 heteroatoms. The van der Waals surface area contributed by atoms with Crippen molar-refractivity contribution in [3.05, 3.63) is 46.5 Å². The van der Waals surface area contributed by atoms with Gasteiger partial charge in [-0.2, -0.15) is 5.10 Å². The Morgan fingerprint density at radius 3 is 2.90 bits per heavy atom. The Hall–Kier alpha value is -2.74. The van der Waals surface area contributed by atoms with Crippen LogP contribution in [0.2, 0.25) is 0 Å². The molecule has 2 fully saturated rings. The highest BCUT2D eigenvalue weighted by Gasteiger charge is 2.43. The van der Waals surface area contributed by atoms with Crippen molar-refractivity contribution in [1.82, 2.24) is 14.7 Å². The first-order valence-electron chi connectivity index (χ1n) is 10.3. The maximum atomic E-state index is 14.4. The molecule has 1 saturated heterocycles. The maximum Gasteiger partial charge on any atom is 0.267 e. The number of nitrogens with zero attached hydrogens (tertiary/aromatic N) is 3. The molecular formula is C22H26FN3O4. The van der Waals surface area contributed by atoms with E-state index in [1.54, 1.807) is 11.0 Å². The van der Waals surface area contributed by atoms with Gasteiger partial charge in [-0.15, -0.1) is 0 Å². The van der Waals surface area contributed by atoms with E-state index >= 15 is 0 Å². The fraction of sp³-hybridized carbons (Fsp3) is 0.500. The van der Waals surface area contributed by atoms with Gasteiger partial charge >= 0.3 is 0 Å². The molecule has 0 radical (unpaired) electrons. The summed E-state index contributed by atoms with van der Waals surface area (Å²) in [5, 5.41) is 15.0. The highest BCUT2D eigenvalue weighted by atomic mass is 19.1. The van der Waals surface area contributed by atoms with Crippen LogP contribution in [0.3, 0.4) is 0 Å². The van der Waals surface area contributed by atoms with Crippen LogP contribution >= 0.6 is 0 Å². The Morgan fingerprint density at radius 1 is 1.30 bits per heavy atom. The molecule has 2 aromatic rings. The number of piperidine rings is 1. The third kappa shape index (κ3) is 3.96. The van der Waals surface area contributed by atoms with Gasteiger partial charge in [0.25, 0.3) is 5.56 Å². The minimum absolute atomic E-state index is 0.0772. The second kappa shape index (κ2) is 8.18. The quantitative estimate of drug-likeness (QED) is 0.828. The number of amides is 1. The lowest BCUT2D eigenvalue weighted by molar-refractivity contribution is -0.144. The molecule has 4 rings (SSSR count). The first kappa shape index (κ1) is 20.5. The van der Waals surface area contributed by atoms with Gasteiger partial charge in [-0.1, -0.05) is 12.8 Å². The standard InChI is InChI=1S/C22H26FN3O4/c1-30-16-5-6-17(18(23)12-16)19-7-8-20(27)26(24-19)14-21(28)25-11-10-22(29)9-3-2-4-15(22)13-25/h5-8,12,15,29H,2-4,9-11,13-14H2,1H3. The summed E-state index contributed by atoms with van der Waals surface area (Å²) in [6.45, 7) is 0.750. The number of likely N-dealkylation sites (tertiary alicyclic amines) is 1. The zero-order chi connectivity index (χ0) is 21.3. The van der Waals surface area contributed by atoms with Crippen molar-refractivity contribution in [2.45, 2.75) is 44.2 Å². The number of fused-ring (bicyclic) bond motifs is 1. The van der Waals surface area contributed by atoms with Crippen LogP contribution in [-0.4, -0.2) is 51.5 Å². The van der Waals surface area contributed by atoms with E-state index in [0.717, 1.165) is 30.4 Å². The van der Waals surface area contributed by atoms with Crippen LogP contribution in [0.15, 0.2) is 35.1 Å². The van der Waals surface area contributed by atoms with Gasteiger partial charge in [-0.3, -0.25) is 9.59 Å². The number of rotatable bonds is 4. The number of carbonyl (C=O) groups is 1. The predicted octanol–water partition coefficient (Wildman–Crippen LogP) is 2.21. The molecule has 1 aliphatic heterocycles. The molecular weight excluding hydrogens is 389 g/mol. The molecule has 2 unspecified atom stereocenters. The minimum Gasteiger partial charge on any atom is -0.497 e. The molecule has 1 amide bonds. The summed E-state index contributed by atoms with van der Waals surface area (Å²) in [5.41, 5.74) is -0.604. The van der Waals surface area contributed by atoms with Crippen molar-refractivity contribution < 1.29 is 19.0 Å². The smallest absolute Gasteiger partial charge is 0.267 e. The molecule has 2 atom stereocenters. The van der Waals surface area contributed by atoms with Crippen molar-refractivity contribution in [2.75, 3.05) is 20.2 Å². The summed E-state index contributed by atoms with van der Waals surface area (Å²) >= 11 is 0. The average Bonchev–Trinajstić information content (AvgIpc) is 2.74. The number of aliphatic hydroxyl groups is 1. The van der Waals surface area contributed by atoms with Crippen LogP contribution in [0.5, 0.6) is 5.75 Å². The van der Waals surface area contributed by atoms with Gasteiger partial charge < -0.3 is 14.7 Å². The number of hydrogen-bond donors (Lipinski definition) is 1. The van der Waals surface area contributed by atoms with E-state index in [1.807, 2.05) is 0 Å². The second-order valence-electron chi connectivity index (χ2n) is 8.20. The normalized spacial score (nSPS) is 23.7. The number of aromatic nitrogens is 2. The van der Waals surface area contributed by atoms with Crippen molar-refractivity contribution in [3.63, 3.8) is 0 Å². The van der Waals surface area contributed by atoms with Crippen LogP contribution in [-0.2, 0) is 11.3 Å². The van der Waals surface area contributed by atoms with Gasteiger partial charge in [0.05, 0.1) is 18.4 Å². The molecule has 1 aliphatic carbocycles. The van der Waals surface area contributed by atoms with Crippen LogP contribution in [0, 0.1) is 11.7 Å². The Morgan fingerprint density at radius 2 is 2.13 bits per heavy atom. The van der Waals surface area contributed by atoms with Crippen LogP contribution in [0.1, 0.15) is 32.1 Å². The van der Waals surface area contributed by atoms with E-state index in [9.17, 15) is 19.1 Å². The monoisotopic (exact) mass is 415 g/mol. The summed E-state index contributed by atoms with van der Waals surface area (Å²) in [6.07, 6.45) is 4.34. The van der Waals surface area contributed by atoms with E-state index in [4.69, 9.17) is 4.74 Å². The molecule has 1 aromatic heterocycles. The van der Waals surface area contributed by atoms with Crippen molar-refractivity contribution >= 4 is 5.91 Å². The Balaban J connectivity index is 1.51. The molecule has 1 saturated carbocycles. The molecule has 160 valence electrons. The molecule has 2 heterocycles. The van der Waals surface area contributed by atoms with Crippen LogP contribution < -0.4 is 10.3 Å². The number of halogens is 1. The molecule has 30 heavy (non-hydrogen) atoms. The number of carbonyl (C=O) groups excluding carboxylic acids is 1. The van der Waals surface area contributed by atoms with E-state index in [-0.39, 0.29) is 29.6 Å². The summed E-state index contributed by atoms with van der Waals surface area (Å²) < 4.78 is 20.5. The minimum atomic E-state index is -0.671. The SMILES string of the molecule is COc1ccc(-c2ccc(=O)n(CC(=O)N3CCC4(O)CCCCC4C3)n2)c(F)c1. The molecule has 0 bridgehead atoms. The van der Waals surface area contributed by atoms with Gasteiger partial charge in [0.1, 0.15) is 18.1 Å². The second-order valence-corrected chi connectivity index (χ2v) is 8.20. The zero-order valence-corrected chi connectivity index (χ0v) is 17.0. The van der Waals surface area contributed by atoms with Crippen molar-refractivity contribution in [2.24, 2.45) is 5.92 Å². The van der Waals surface area contributed by atoms with E-state index in [1.165, 1.54) is 31.4 Å². The number of methoxy groups -OCH3 is 1. The van der Waals surface area contributed by atoms with Gasteiger partial charge in [0.15, 0.2) is 0 Å². The molecule has 7 nitrogen and oxygen atoms in total. The Bertz CT molecular complexity index is 1010. The Labute approximate surface area is 174 Å². The molecule has 0 spiro atoms. The highest BCUT2D eigenvalue weighted by Crippen LogP contribution is 2.39. The van der Waals surface area contributed by atoms with E-state index in [0.29, 0.717) is 25.3 Å². The Kier molecular flexibility index (Phi) is 5.60. The first-order chi connectivity index (χ1) is 14.4. The van der Waals surface area contributed by atoms with Crippen LogP contribution in [0.25, 0.3) is 11.3 Å². The van der Waals surface area contributed by atoms with Crippen molar-refractivity contribution in [3.8, 4) is 17.0 Å². The predicted molar refractivity (Wildman–Crippen MR) is 109 cm³/mol. The summed E-state index contributed by atoms with van der Waals surface area (Å²) in [7, 11) is 1.45. The topological polar surface area (TPSA) is 84.7 Å². The van der Waals surface area contributed by atoms with Gasteiger partial charge in [0.2, 0.25) is 5.91 Å². The number of hydrogen-bond acceptors (Lipinski definition) is 5. The van der Waals surface area contributed by atoms with Crippen molar-refractivity contribution in [1.29, 1.82) is 0 Å². The molecule has 1 N–H and O–H groups in total. The van der Waals surface area contributed by atoms with Crippen LogP contribution in [0.4, 0.5) is 4.39 Å². The van der Waals surface area contributed by atoms with Gasteiger partial charge in [0, 0.05) is 36.7 Å². The van der Waals surface area contributed by atoms with E-state index < -0.39 is 17.0 Å². The fourth-order valence-corrected chi connectivity index (χ4v) is 4.56. The lowest BCUT2D eigenvalue weighted by Gasteiger charge is -2.47. The third-order valence-corrected chi connectivity index (χ3v) is 6.38. The highest BCUT2D eigenvalue weighted by molar-refractivity contribution is 5.76. The largest absolute Gasteiger partial charge is 0.497 e. The summed E-state index contributed by atoms with van der Waals surface area (Å²) in [5.74, 6) is -0.281. The van der Waals surface area contributed by atoms with Gasteiger partial charge in [-0.25, -0.2) is 9.07 Å². The number of ether oxygens (including phenoxy) is 1. The van der Waals surface area contributed by atoms with E-state index in [2.05, 4.69) is 5.10 Å². The molecule has 2 aliphatic rings. The number of benzene rings is 1. The maximum absolute atomic E-state index is 14.4. The zero-order valence-electron chi connectivity index (χ0n) is 17.0. The third-order valence-electron chi connectivity index (χ3n) is 6.38. The summed E-state index contributed by atoms with van der Waals surface area (Å²) in [6, 6.07) is 7.12. The summed E-state index contributed by atoms with van der Waals surface area (Å²) in [4.78, 5) is 26.8. The lowest BCUT2D eigenvalue weighted by atomic mass is 9.71. The fourth-order valence-electron chi connectivity index (χ4n) is 4.56. The first-order valence-corrected chi connectivity index (χ1v) is 10.3. The lowest BCUT2D eigenvalue weighted by Crippen LogP contribution is -2.55. The van der Waals surface area contributed by atoms with Gasteiger partial charge in [-0.05, 0) is 37.5 Å². The molecule has 1 aromatic carbocycles.